The Kier molecular flexibility index (Phi) is 9.99. The van der Waals surface area contributed by atoms with Gasteiger partial charge in [0.1, 0.15) is 6.61 Å². The Morgan fingerprint density at radius 1 is 1.38 bits per heavy atom. The fourth-order valence-electron chi connectivity index (χ4n) is 2.28. The van der Waals surface area contributed by atoms with Crippen LogP contribution in [0, 0.1) is 0 Å². The third-order valence-electron chi connectivity index (χ3n) is 3.53. The van der Waals surface area contributed by atoms with Gasteiger partial charge in [-0.1, -0.05) is 0 Å². The van der Waals surface area contributed by atoms with Crippen LogP contribution in [0.2, 0.25) is 0 Å². The summed E-state index contributed by atoms with van der Waals surface area (Å²) in [5.74, 6) is 0.804. The molecule has 0 amide bonds. The first-order valence-corrected chi connectivity index (χ1v) is 8.29. The van der Waals surface area contributed by atoms with Crippen molar-refractivity contribution in [1.82, 2.24) is 15.6 Å². The number of hydrogen-bond acceptors (Lipinski definition) is 4. The van der Waals surface area contributed by atoms with E-state index in [1.165, 1.54) is 6.07 Å². The molecule has 0 aromatic carbocycles. The lowest BCUT2D eigenvalue weighted by molar-refractivity contribution is -0.137. The maximum absolute atomic E-state index is 12.5. The van der Waals surface area contributed by atoms with Crippen molar-refractivity contribution in [2.45, 2.75) is 32.0 Å². The molecule has 1 aliphatic rings. The first kappa shape index (κ1) is 22.7. The second-order valence-corrected chi connectivity index (χ2v) is 5.51. The predicted molar refractivity (Wildman–Crippen MR) is 103 cm³/mol. The van der Waals surface area contributed by atoms with Crippen molar-refractivity contribution in [3.63, 3.8) is 0 Å². The van der Waals surface area contributed by atoms with E-state index in [1.807, 2.05) is 6.92 Å². The summed E-state index contributed by atoms with van der Waals surface area (Å²) in [5, 5.41) is 6.22. The second kappa shape index (κ2) is 11.4. The van der Waals surface area contributed by atoms with E-state index in [0.717, 1.165) is 38.3 Å². The largest absolute Gasteiger partial charge is 0.476 e. The van der Waals surface area contributed by atoms with Gasteiger partial charge in [-0.05, 0) is 25.8 Å². The van der Waals surface area contributed by atoms with Gasteiger partial charge in [0.15, 0.2) is 5.96 Å². The summed E-state index contributed by atoms with van der Waals surface area (Å²) in [6.45, 7) is 4.77. The molecule has 0 saturated carbocycles. The molecule has 10 heteroatoms. The van der Waals surface area contributed by atoms with Gasteiger partial charge in [0, 0.05) is 25.4 Å². The predicted octanol–water partition coefficient (Wildman–Crippen LogP) is 2.83. The number of nitrogens with one attached hydrogen (secondary N) is 2. The van der Waals surface area contributed by atoms with Crippen molar-refractivity contribution in [2.75, 3.05) is 32.8 Å². The number of aliphatic imine (C=N–C) groups is 1. The van der Waals surface area contributed by atoms with E-state index in [-0.39, 0.29) is 42.6 Å². The first-order chi connectivity index (χ1) is 12.0. The van der Waals surface area contributed by atoms with E-state index in [9.17, 15) is 13.2 Å². The van der Waals surface area contributed by atoms with Crippen LogP contribution in [0.25, 0.3) is 0 Å². The van der Waals surface area contributed by atoms with E-state index in [1.54, 1.807) is 0 Å². The van der Waals surface area contributed by atoms with Crippen molar-refractivity contribution >= 4 is 29.9 Å². The van der Waals surface area contributed by atoms with Gasteiger partial charge < -0.3 is 20.1 Å². The summed E-state index contributed by atoms with van der Waals surface area (Å²) in [5.41, 5.74) is -0.798. The minimum atomic E-state index is -4.40. The van der Waals surface area contributed by atoms with Crippen molar-refractivity contribution in [2.24, 2.45) is 4.99 Å². The summed E-state index contributed by atoms with van der Waals surface area (Å²) >= 11 is 0. The molecule has 26 heavy (non-hydrogen) atoms. The topological polar surface area (TPSA) is 67.8 Å². The number of alkyl halides is 3. The zero-order chi connectivity index (χ0) is 18.1. The number of ether oxygens (including phenoxy) is 2. The lowest BCUT2D eigenvalue weighted by atomic mass is 10.2. The first-order valence-electron chi connectivity index (χ1n) is 8.29. The molecule has 0 bridgehead atoms. The van der Waals surface area contributed by atoms with Crippen molar-refractivity contribution < 1.29 is 22.6 Å². The van der Waals surface area contributed by atoms with Crippen molar-refractivity contribution in [3.05, 3.63) is 23.9 Å². The number of rotatable bonds is 7. The van der Waals surface area contributed by atoms with Crippen LogP contribution in [0.1, 0.15) is 25.3 Å². The summed E-state index contributed by atoms with van der Waals surface area (Å²) in [7, 11) is 0. The van der Waals surface area contributed by atoms with E-state index < -0.39 is 11.7 Å². The molecule has 1 atom stereocenters. The highest BCUT2D eigenvalue weighted by atomic mass is 127. The average Bonchev–Trinajstić information content (AvgIpc) is 3.09. The highest BCUT2D eigenvalue weighted by Crippen LogP contribution is 2.29. The molecule has 2 N–H and O–H groups in total. The van der Waals surface area contributed by atoms with Gasteiger partial charge >= 0.3 is 6.18 Å². The molecule has 1 aromatic rings. The van der Waals surface area contributed by atoms with Crippen LogP contribution in [0.3, 0.4) is 0 Å². The molecule has 148 valence electrons. The number of nitrogens with zero attached hydrogens (tertiary/aromatic N) is 2. The number of guanidine groups is 1. The normalized spacial score (nSPS) is 17.5. The summed E-state index contributed by atoms with van der Waals surface area (Å²) in [6.07, 6.45) is -1.38. The molecule has 0 spiro atoms. The highest BCUT2D eigenvalue weighted by molar-refractivity contribution is 14.0. The quantitative estimate of drug-likeness (QED) is 0.268. The molecule has 2 heterocycles. The zero-order valence-corrected chi connectivity index (χ0v) is 16.8. The number of aromatic nitrogens is 1. The molecule has 1 saturated heterocycles. The van der Waals surface area contributed by atoms with Gasteiger partial charge in [0.2, 0.25) is 5.88 Å². The molecule has 1 unspecified atom stereocenters. The molecule has 6 nitrogen and oxygen atoms in total. The number of pyridine rings is 1. The Bertz CT molecular complexity index is 549. The fourth-order valence-corrected chi connectivity index (χ4v) is 2.28. The van der Waals surface area contributed by atoms with E-state index in [4.69, 9.17) is 9.47 Å². The van der Waals surface area contributed by atoms with Gasteiger partial charge in [-0.25, -0.2) is 4.98 Å². The number of halogens is 4. The van der Waals surface area contributed by atoms with Gasteiger partial charge in [0.05, 0.1) is 24.8 Å². The minimum Gasteiger partial charge on any atom is -0.476 e. The maximum Gasteiger partial charge on any atom is 0.417 e. The Hall–Kier alpha value is -1.30. The number of hydrogen-bond donors (Lipinski definition) is 2. The van der Waals surface area contributed by atoms with Crippen LogP contribution in [0.5, 0.6) is 5.88 Å². The standard InChI is InChI=1S/C16H23F3N4O2.HI/c1-2-20-15(23-11-13-4-3-8-24-13)21-7-9-25-14-6-5-12(10-22-14)16(17,18)19;/h5-6,10,13H,2-4,7-9,11H2,1H3,(H2,20,21,23);1H. The Morgan fingerprint density at radius 2 is 2.19 bits per heavy atom. The van der Waals surface area contributed by atoms with Crippen molar-refractivity contribution in [1.29, 1.82) is 0 Å². The van der Waals surface area contributed by atoms with E-state index >= 15 is 0 Å². The van der Waals surface area contributed by atoms with Crippen LogP contribution in [-0.4, -0.2) is 49.9 Å². The minimum absolute atomic E-state index is 0. The van der Waals surface area contributed by atoms with Crippen LogP contribution < -0.4 is 15.4 Å². The molecular formula is C16H24F3IN4O2. The van der Waals surface area contributed by atoms with Crippen LogP contribution >= 0.6 is 24.0 Å². The van der Waals surface area contributed by atoms with Gasteiger partial charge in [0.25, 0.3) is 0 Å². The molecule has 1 aromatic heterocycles. The fraction of sp³-hybridized carbons (Fsp3) is 0.625. The van der Waals surface area contributed by atoms with Crippen LogP contribution in [0.4, 0.5) is 13.2 Å². The summed E-state index contributed by atoms with van der Waals surface area (Å²) < 4.78 is 48.2. The van der Waals surface area contributed by atoms with Gasteiger partial charge in [-0.15, -0.1) is 24.0 Å². The zero-order valence-electron chi connectivity index (χ0n) is 14.5. The van der Waals surface area contributed by atoms with Crippen molar-refractivity contribution in [3.8, 4) is 5.88 Å². The molecular weight excluding hydrogens is 464 g/mol. The average molecular weight is 488 g/mol. The molecule has 0 aliphatic carbocycles. The lowest BCUT2D eigenvalue weighted by Gasteiger charge is -2.13. The van der Waals surface area contributed by atoms with Crippen LogP contribution in [-0.2, 0) is 10.9 Å². The van der Waals surface area contributed by atoms with E-state index in [2.05, 4.69) is 20.6 Å². The third-order valence-corrected chi connectivity index (χ3v) is 3.53. The maximum atomic E-state index is 12.5. The Balaban J connectivity index is 0.00000338. The lowest BCUT2D eigenvalue weighted by Crippen LogP contribution is -2.39. The molecule has 1 aliphatic heterocycles. The summed E-state index contributed by atoms with van der Waals surface area (Å²) in [4.78, 5) is 8.11. The smallest absolute Gasteiger partial charge is 0.417 e. The van der Waals surface area contributed by atoms with E-state index in [0.29, 0.717) is 19.0 Å². The highest BCUT2D eigenvalue weighted by Gasteiger charge is 2.30. The molecule has 0 radical (unpaired) electrons. The van der Waals surface area contributed by atoms with Crippen LogP contribution in [0.15, 0.2) is 23.3 Å². The third kappa shape index (κ3) is 7.94. The molecule has 2 rings (SSSR count). The van der Waals surface area contributed by atoms with Gasteiger partial charge in [-0.2, -0.15) is 13.2 Å². The SMILES string of the molecule is CCNC(=NCC1CCCO1)NCCOc1ccc(C(F)(F)F)cn1.I. The Labute approximate surface area is 168 Å². The second-order valence-electron chi connectivity index (χ2n) is 5.51. The molecule has 1 fully saturated rings. The Morgan fingerprint density at radius 3 is 2.77 bits per heavy atom. The monoisotopic (exact) mass is 488 g/mol. The summed E-state index contributed by atoms with van der Waals surface area (Å²) in [6, 6.07) is 2.16. The van der Waals surface area contributed by atoms with Gasteiger partial charge in [-0.3, -0.25) is 4.99 Å².